The van der Waals surface area contributed by atoms with Crippen molar-refractivity contribution in [3.05, 3.63) is 0 Å². The molecule has 0 fully saturated rings. The average molecular weight is 172 g/mol. The van der Waals surface area contributed by atoms with Gasteiger partial charge in [0.2, 0.25) is 5.91 Å². The predicted octanol–water partition coefficient (Wildman–Crippen LogP) is 0.886. The van der Waals surface area contributed by atoms with Crippen LogP contribution in [0.3, 0.4) is 0 Å². The summed E-state index contributed by atoms with van der Waals surface area (Å²) in [6.45, 7) is 6.79. The summed E-state index contributed by atoms with van der Waals surface area (Å²) in [7, 11) is 0. The first kappa shape index (κ1) is 11.4. The standard InChI is InChI=1S/C9H20N2O/c1-7(2)5-4-6-11-9(12)8(3)10/h7-8H,4-6,10H2,1-3H3,(H,11,12)/t8-/m1/s1. The maximum absolute atomic E-state index is 11.0. The van der Waals surface area contributed by atoms with E-state index in [2.05, 4.69) is 19.2 Å². The van der Waals surface area contributed by atoms with Crippen molar-refractivity contribution in [3.8, 4) is 0 Å². The van der Waals surface area contributed by atoms with Gasteiger partial charge in [-0.3, -0.25) is 4.79 Å². The molecule has 0 aromatic rings. The van der Waals surface area contributed by atoms with Crippen LogP contribution in [0.25, 0.3) is 0 Å². The van der Waals surface area contributed by atoms with Gasteiger partial charge in [-0.2, -0.15) is 0 Å². The number of nitrogens with one attached hydrogen (secondary N) is 1. The Balaban J connectivity index is 3.26. The molecule has 0 heterocycles. The highest BCUT2D eigenvalue weighted by molar-refractivity contribution is 5.80. The molecule has 0 saturated heterocycles. The summed E-state index contributed by atoms with van der Waals surface area (Å²) in [5, 5.41) is 2.77. The maximum atomic E-state index is 11.0. The Kier molecular flexibility index (Phi) is 5.72. The van der Waals surface area contributed by atoms with Gasteiger partial charge in [0.1, 0.15) is 0 Å². The molecule has 0 aromatic carbocycles. The summed E-state index contributed by atoms with van der Waals surface area (Å²) in [5.74, 6) is 0.649. The average Bonchev–Trinajstić information content (AvgIpc) is 1.97. The van der Waals surface area contributed by atoms with E-state index in [-0.39, 0.29) is 11.9 Å². The summed E-state index contributed by atoms with van der Waals surface area (Å²) in [6.07, 6.45) is 2.19. The smallest absolute Gasteiger partial charge is 0.236 e. The first-order valence-corrected chi connectivity index (χ1v) is 4.57. The van der Waals surface area contributed by atoms with E-state index in [1.165, 1.54) is 0 Å². The second kappa shape index (κ2) is 6.00. The third kappa shape index (κ3) is 6.16. The number of nitrogens with two attached hydrogens (primary N) is 1. The van der Waals surface area contributed by atoms with Crippen LogP contribution in [-0.4, -0.2) is 18.5 Å². The highest BCUT2D eigenvalue weighted by atomic mass is 16.2. The molecule has 0 saturated carbocycles. The Morgan fingerprint density at radius 3 is 2.42 bits per heavy atom. The number of rotatable bonds is 5. The van der Waals surface area contributed by atoms with Crippen LogP contribution in [0.4, 0.5) is 0 Å². The Morgan fingerprint density at radius 1 is 1.42 bits per heavy atom. The van der Waals surface area contributed by atoms with Crippen molar-refractivity contribution in [3.63, 3.8) is 0 Å². The monoisotopic (exact) mass is 172 g/mol. The molecule has 12 heavy (non-hydrogen) atoms. The molecule has 0 rings (SSSR count). The van der Waals surface area contributed by atoms with E-state index < -0.39 is 0 Å². The molecular weight excluding hydrogens is 152 g/mol. The largest absolute Gasteiger partial charge is 0.355 e. The summed E-state index contributed by atoms with van der Waals surface area (Å²) in [5.41, 5.74) is 5.37. The number of carbonyl (C=O) groups is 1. The highest BCUT2D eigenvalue weighted by Gasteiger charge is 2.04. The Morgan fingerprint density at radius 2 is 2.00 bits per heavy atom. The van der Waals surface area contributed by atoms with Crippen molar-refractivity contribution < 1.29 is 4.79 Å². The highest BCUT2D eigenvalue weighted by Crippen LogP contribution is 2.01. The van der Waals surface area contributed by atoms with E-state index in [0.29, 0.717) is 5.92 Å². The molecule has 3 N–H and O–H groups in total. The maximum Gasteiger partial charge on any atom is 0.236 e. The summed E-state index contributed by atoms with van der Waals surface area (Å²) in [6, 6.07) is -0.385. The van der Waals surface area contributed by atoms with Gasteiger partial charge in [-0.25, -0.2) is 0 Å². The summed E-state index contributed by atoms with van der Waals surface area (Å²) < 4.78 is 0. The minimum Gasteiger partial charge on any atom is -0.355 e. The zero-order valence-electron chi connectivity index (χ0n) is 8.26. The van der Waals surface area contributed by atoms with Crippen molar-refractivity contribution in [2.24, 2.45) is 11.7 Å². The molecule has 0 aliphatic rings. The normalized spacial score (nSPS) is 13.1. The summed E-state index contributed by atoms with van der Waals surface area (Å²) in [4.78, 5) is 11.0. The van der Waals surface area contributed by atoms with Gasteiger partial charge < -0.3 is 11.1 Å². The van der Waals surface area contributed by atoms with E-state index >= 15 is 0 Å². The van der Waals surface area contributed by atoms with Gasteiger partial charge >= 0.3 is 0 Å². The Bertz CT molecular complexity index is 132. The minimum atomic E-state index is -0.385. The lowest BCUT2D eigenvalue weighted by atomic mass is 10.1. The fourth-order valence-electron chi connectivity index (χ4n) is 0.883. The van der Waals surface area contributed by atoms with Crippen molar-refractivity contribution >= 4 is 5.91 Å². The molecule has 1 amide bonds. The molecule has 0 bridgehead atoms. The first-order chi connectivity index (χ1) is 5.54. The van der Waals surface area contributed by atoms with Crippen molar-refractivity contribution in [1.29, 1.82) is 0 Å². The van der Waals surface area contributed by atoms with E-state index in [1.807, 2.05) is 0 Å². The van der Waals surface area contributed by atoms with Gasteiger partial charge in [-0.15, -0.1) is 0 Å². The quantitative estimate of drug-likeness (QED) is 0.605. The van der Waals surface area contributed by atoms with Gasteiger partial charge in [-0.1, -0.05) is 13.8 Å². The van der Waals surface area contributed by atoms with E-state index in [0.717, 1.165) is 19.4 Å². The van der Waals surface area contributed by atoms with Crippen molar-refractivity contribution in [2.75, 3.05) is 6.54 Å². The third-order valence-corrected chi connectivity index (χ3v) is 1.67. The fraction of sp³-hybridized carbons (Fsp3) is 0.889. The number of hydrogen-bond donors (Lipinski definition) is 2. The van der Waals surface area contributed by atoms with Crippen molar-refractivity contribution in [2.45, 2.75) is 39.7 Å². The fourth-order valence-corrected chi connectivity index (χ4v) is 0.883. The number of carbonyl (C=O) groups excluding carboxylic acids is 1. The molecule has 1 atom stereocenters. The van der Waals surface area contributed by atoms with E-state index in [4.69, 9.17) is 5.73 Å². The van der Waals surface area contributed by atoms with Crippen LogP contribution in [-0.2, 0) is 4.79 Å². The lowest BCUT2D eigenvalue weighted by Gasteiger charge is -2.08. The van der Waals surface area contributed by atoms with Crippen LogP contribution >= 0.6 is 0 Å². The molecular formula is C9H20N2O. The molecule has 0 aliphatic heterocycles. The lowest BCUT2D eigenvalue weighted by Crippen LogP contribution is -2.38. The molecule has 3 heteroatoms. The predicted molar refractivity (Wildman–Crippen MR) is 50.7 cm³/mol. The van der Waals surface area contributed by atoms with Crippen LogP contribution in [0.5, 0.6) is 0 Å². The first-order valence-electron chi connectivity index (χ1n) is 4.57. The van der Waals surface area contributed by atoms with Crippen LogP contribution in [0.15, 0.2) is 0 Å². The molecule has 72 valence electrons. The zero-order valence-corrected chi connectivity index (χ0v) is 8.26. The second-order valence-electron chi connectivity index (χ2n) is 3.62. The number of hydrogen-bond acceptors (Lipinski definition) is 2. The summed E-state index contributed by atoms with van der Waals surface area (Å²) >= 11 is 0. The van der Waals surface area contributed by atoms with Gasteiger partial charge in [0.25, 0.3) is 0 Å². The molecule has 3 nitrogen and oxygen atoms in total. The molecule has 0 aliphatic carbocycles. The van der Waals surface area contributed by atoms with Crippen LogP contribution in [0, 0.1) is 5.92 Å². The van der Waals surface area contributed by atoms with Crippen LogP contribution in [0.1, 0.15) is 33.6 Å². The molecule has 0 unspecified atom stereocenters. The Hall–Kier alpha value is -0.570. The molecule has 0 radical (unpaired) electrons. The number of amides is 1. The SMILES string of the molecule is CC(C)CCCNC(=O)[C@@H](C)N. The molecule has 0 spiro atoms. The van der Waals surface area contributed by atoms with Crippen molar-refractivity contribution in [1.82, 2.24) is 5.32 Å². The zero-order chi connectivity index (χ0) is 9.56. The van der Waals surface area contributed by atoms with Crippen LogP contribution < -0.4 is 11.1 Å². The second-order valence-corrected chi connectivity index (χ2v) is 3.62. The topological polar surface area (TPSA) is 55.1 Å². The van der Waals surface area contributed by atoms with E-state index in [1.54, 1.807) is 6.92 Å². The Labute approximate surface area is 74.7 Å². The van der Waals surface area contributed by atoms with Gasteiger partial charge in [-0.05, 0) is 25.7 Å². The third-order valence-electron chi connectivity index (χ3n) is 1.67. The van der Waals surface area contributed by atoms with E-state index in [9.17, 15) is 4.79 Å². The van der Waals surface area contributed by atoms with Crippen LogP contribution in [0.2, 0.25) is 0 Å². The van der Waals surface area contributed by atoms with Gasteiger partial charge in [0.05, 0.1) is 6.04 Å². The van der Waals surface area contributed by atoms with Gasteiger partial charge in [0.15, 0.2) is 0 Å². The lowest BCUT2D eigenvalue weighted by molar-refractivity contribution is -0.121. The van der Waals surface area contributed by atoms with Gasteiger partial charge in [0, 0.05) is 6.54 Å². The molecule has 0 aromatic heterocycles. The minimum absolute atomic E-state index is 0.0567.